The van der Waals surface area contributed by atoms with Crippen LogP contribution in [0.25, 0.3) is 33.3 Å². The fourth-order valence-electron chi connectivity index (χ4n) is 5.14. The molecule has 0 unspecified atom stereocenters. The van der Waals surface area contributed by atoms with E-state index < -0.39 is 12.3 Å². The number of hydrogen-bond acceptors (Lipinski definition) is 5. The van der Waals surface area contributed by atoms with Gasteiger partial charge in [0.15, 0.2) is 0 Å². The first-order valence-corrected chi connectivity index (χ1v) is 13.0. The number of ether oxygens (including phenoxy) is 2. The lowest BCUT2D eigenvalue weighted by Gasteiger charge is -2.14. The highest BCUT2D eigenvalue weighted by Gasteiger charge is 2.36. The predicted molar refractivity (Wildman–Crippen MR) is 145 cm³/mol. The van der Waals surface area contributed by atoms with Gasteiger partial charge in [-0.15, -0.1) is 13.2 Å². The fourth-order valence-corrected chi connectivity index (χ4v) is 5.14. The van der Waals surface area contributed by atoms with E-state index in [1.165, 1.54) is 18.2 Å². The van der Waals surface area contributed by atoms with Crippen LogP contribution in [0.4, 0.5) is 13.2 Å². The van der Waals surface area contributed by atoms with Crippen molar-refractivity contribution in [2.24, 2.45) is 7.05 Å². The molecule has 41 heavy (non-hydrogen) atoms. The van der Waals surface area contributed by atoms with Crippen molar-refractivity contribution in [3.05, 3.63) is 89.3 Å². The van der Waals surface area contributed by atoms with Gasteiger partial charge in [-0.3, -0.25) is 0 Å². The van der Waals surface area contributed by atoms with E-state index in [1.54, 1.807) is 16.8 Å². The van der Waals surface area contributed by atoms with Gasteiger partial charge in [0.2, 0.25) is 0 Å². The number of carbonyl (C=O) groups is 1. The van der Waals surface area contributed by atoms with Gasteiger partial charge in [0.25, 0.3) is 0 Å². The molecule has 0 atom stereocenters. The second-order valence-electron chi connectivity index (χ2n) is 10.1. The Morgan fingerprint density at radius 1 is 1.10 bits per heavy atom. The lowest BCUT2D eigenvalue weighted by molar-refractivity contribution is -0.274. The van der Waals surface area contributed by atoms with Gasteiger partial charge in [-0.1, -0.05) is 35.5 Å². The average molecular weight is 563 g/mol. The molecule has 2 aromatic heterocycles. The van der Waals surface area contributed by atoms with E-state index in [2.05, 4.69) is 9.89 Å². The van der Waals surface area contributed by atoms with Crippen molar-refractivity contribution in [1.29, 1.82) is 0 Å². The molecule has 10 heteroatoms. The number of hydrogen-bond donors (Lipinski definition) is 1. The first kappa shape index (κ1) is 26.5. The molecular formula is C31H25F3N2O5. The van der Waals surface area contributed by atoms with Crippen molar-refractivity contribution in [3.63, 3.8) is 0 Å². The SMILES string of the molecule is Cc1cc(OCc2c(-c3ccccc3OC(F)(F)F)noc2C2CC2)ccc1-c1ccc2c(C(=O)O)cn(C)c2c1. The van der Waals surface area contributed by atoms with Crippen LogP contribution in [0.1, 0.15) is 46.0 Å². The second kappa shape index (κ2) is 10.0. The van der Waals surface area contributed by atoms with Gasteiger partial charge in [-0.05, 0) is 66.8 Å². The van der Waals surface area contributed by atoms with E-state index in [0.717, 1.165) is 35.0 Å². The third-order valence-electron chi connectivity index (χ3n) is 7.25. The van der Waals surface area contributed by atoms with Crippen LogP contribution in [0.15, 0.2) is 71.4 Å². The van der Waals surface area contributed by atoms with Gasteiger partial charge in [0.05, 0.1) is 11.1 Å². The molecule has 1 fully saturated rings. The summed E-state index contributed by atoms with van der Waals surface area (Å²) in [5.74, 6) is 0.0181. The maximum atomic E-state index is 13.1. The summed E-state index contributed by atoms with van der Waals surface area (Å²) >= 11 is 0. The number of para-hydroxylation sites is 1. The number of aromatic nitrogens is 2. The molecule has 2 heterocycles. The van der Waals surface area contributed by atoms with Crippen LogP contribution >= 0.6 is 0 Å². The number of nitrogens with zero attached hydrogens (tertiary/aromatic N) is 2. The Morgan fingerprint density at radius 2 is 1.88 bits per heavy atom. The lowest BCUT2D eigenvalue weighted by atomic mass is 9.99. The molecule has 1 saturated carbocycles. The van der Waals surface area contributed by atoms with Gasteiger partial charge >= 0.3 is 12.3 Å². The molecule has 0 radical (unpaired) electrons. The maximum Gasteiger partial charge on any atom is 0.573 e. The summed E-state index contributed by atoms with van der Waals surface area (Å²) in [5.41, 5.74) is 4.91. The lowest BCUT2D eigenvalue weighted by Crippen LogP contribution is -2.17. The summed E-state index contributed by atoms with van der Waals surface area (Å²) in [6.07, 6.45) is -1.42. The molecule has 1 N–H and O–H groups in total. The summed E-state index contributed by atoms with van der Waals surface area (Å²) in [5, 5.41) is 14.3. The van der Waals surface area contributed by atoms with E-state index in [9.17, 15) is 23.1 Å². The molecule has 5 aromatic rings. The Morgan fingerprint density at radius 3 is 2.59 bits per heavy atom. The highest BCUT2D eigenvalue weighted by atomic mass is 19.4. The highest BCUT2D eigenvalue weighted by molar-refractivity contribution is 6.04. The van der Waals surface area contributed by atoms with E-state index in [-0.39, 0.29) is 35.1 Å². The normalized spacial score (nSPS) is 13.5. The van der Waals surface area contributed by atoms with Gasteiger partial charge in [0, 0.05) is 35.6 Å². The van der Waals surface area contributed by atoms with Crippen molar-refractivity contribution in [2.75, 3.05) is 0 Å². The molecular weight excluding hydrogens is 537 g/mol. The van der Waals surface area contributed by atoms with Crippen LogP contribution in [0.2, 0.25) is 0 Å². The Kier molecular flexibility index (Phi) is 6.48. The minimum absolute atomic E-state index is 0.0527. The number of aryl methyl sites for hydroxylation is 2. The Hall–Kier alpha value is -4.73. The first-order valence-electron chi connectivity index (χ1n) is 13.0. The monoisotopic (exact) mass is 562 g/mol. The molecule has 7 nitrogen and oxygen atoms in total. The van der Waals surface area contributed by atoms with E-state index >= 15 is 0 Å². The number of benzene rings is 3. The molecule has 0 bridgehead atoms. The molecule has 0 amide bonds. The standard InChI is InChI=1S/C31H25F3N2O5/c1-17-13-20(10-12-21(17)19-9-11-22-24(30(37)38)15-36(2)26(22)14-19)39-16-25-28(35-41-29(25)18-7-8-18)23-5-3-4-6-27(23)40-31(32,33)34/h3-6,9-15,18H,7-8,16H2,1-2H3,(H,37,38). The number of carboxylic acids is 1. The van der Waals surface area contributed by atoms with Crippen LogP contribution in [-0.2, 0) is 13.7 Å². The zero-order valence-electron chi connectivity index (χ0n) is 22.2. The third kappa shape index (κ3) is 5.25. The van der Waals surface area contributed by atoms with Crippen molar-refractivity contribution in [2.45, 2.75) is 38.7 Å². The Bertz CT molecular complexity index is 1780. The molecule has 1 aliphatic carbocycles. The van der Waals surface area contributed by atoms with Gasteiger partial charge in [-0.25, -0.2) is 4.79 Å². The molecule has 0 spiro atoms. The van der Waals surface area contributed by atoms with Crippen molar-refractivity contribution in [3.8, 4) is 33.9 Å². The van der Waals surface area contributed by atoms with Crippen LogP contribution in [0, 0.1) is 6.92 Å². The smallest absolute Gasteiger partial charge is 0.489 e. The van der Waals surface area contributed by atoms with Crippen molar-refractivity contribution >= 4 is 16.9 Å². The van der Waals surface area contributed by atoms with Gasteiger partial charge in [0.1, 0.15) is 29.6 Å². The molecule has 1 aliphatic rings. The number of carboxylic acid groups (broad SMARTS) is 1. The Balaban J connectivity index is 1.28. The second-order valence-corrected chi connectivity index (χ2v) is 10.1. The summed E-state index contributed by atoms with van der Waals surface area (Å²) in [6, 6.07) is 17.1. The van der Waals surface area contributed by atoms with Gasteiger partial charge < -0.3 is 23.7 Å². The summed E-state index contributed by atoms with van der Waals surface area (Å²) in [4.78, 5) is 11.6. The predicted octanol–water partition coefficient (Wildman–Crippen LogP) is 7.86. The number of halogens is 3. The highest BCUT2D eigenvalue weighted by Crippen LogP contribution is 2.45. The zero-order chi connectivity index (χ0) is 28.9. The largest absolute Gasteiger partial charge is 0.573 e. The maximum absolute atomic E-state index is 13.1. The molecule has 210 valence electrons. The summed E-state index contributed by atoms with van der Waals surface area (Å²) in [7, 11) is 1.81. The number of rotatable bonds is 8. The topological polar surface area (TPSA) is 86.7 Å². The zero-order valence-corrected chi connectivity index (χ0v) is 22.2. The fraction of sp³-hybridized carbons (Fsp3) is 0.226. The van der Waals surface area contributed by atoms with Crippen LogP contribution in [0.3, 0.4) is 0 Å². The number of fused-ring (bicyclic) bond motifs is 1. The van der Waals surface area contributed by atoms with E-state index in [4.69, 9.17) is 9.26 Å². The Labute approximate surface area is 232 Å². The molecule has 3 aromatic carbocycles. The van der Waals surface area contributed by atoms with E-state index in [1.807, 2.05) is 50.4 Å². The quantitative estimate of drug-likeness (QED) is 0.207. The van der Waals surface area contributed by atoms with Crippen molar-refractivity contribution in [1.82, 2.24) is 9.72 Å². The number of aromatic carboxylic acids is 1. The molecule has 0 aliphatic heterocycles. The third-order valence-corrected chi connectivity index (χ3v) is 7.25. The molecule has 6 rings (SSSR count). The first-order chi connectivity index (χ1) is 19.6. The van der Waals surface area contributed by atoms with E-state index in [0.29, 0.717) is 22.5 Å². The van der Waals surface area contributed by atoms with Crippen molar-refractivity contribution < 1.29 is 37.1 Å². The summed E-state index contributed by atoms with van der Waals surface area (Å²) in [6.45, 7) is 2.00. The minimum Gasteiger partial charge on any atom is -0.489 e. The summed E-state index contributed by atoms with van der Waals surface area (Å²) < 4.78 is 57.0. The van der Waals surface area contributed by atoms with Crippen LogP contribution in [0.5, 0.6) is 11.5 Å². The average Bonchev–Trinajstić information content (AvgIpc) is 3.59. The minimum atomic E-state index is -4.85. The van der Waals surface area contributed by atoms with Crippen LogP contribution < -0.4 is 9.47 Å². The molecule has 0 saturated heterocycles. The van der Waals surface area contributed by atoms with Gasteiger partial charge in [-0.2, -0.15) is 0 Å². The number of alkyl halides is 3. The van der Waals surface area contributed by atoms with Crippen LogP contribution in [-0.4, -0.2) is 27.2 Å².